The molecule has 170 valence electrons. The third-order valence-electron chi connectivity index (χ3n) is 5.38. The number of aryl methyl sites for hydroxylation is 2. The number of carbonyl (C=O) groups excluding carboxylic acids is 1. The van der Waals surface area contributed by atoms with Gasteiger partial charge in [-0.3, -0.25) is 9.59 Å². The van der Waals surface area contributed by atoms with E-state index in [1.807, 2.05) is 37.3 Å². The minimum absolute atomic E-state index is 0.124. The first-order chi connectivity index (χ1) is 15.6. The second-order valence-corrected chi connectivity index (χ2v) is 7.60. The second kappa shape index (κ2) is 8.19. The van der Waals surface area contributed by atoms with Gasteiger partial charge in [-0.15, -0.1) is 0 Å². The second-order valence-electron chi connectivity index (χ2n) is 7.60. The van der Waals surface area contributed by atoms with Gasteiger partial charge in [-0.2, -0.15) is 23.4 Å². The van der Waals surface area contributed by atoms with E-state index < -0.39 is 34.9 Å². The van der Waals surface area contributed by atoms with Crippen LogP contribution in [0.1, 0.15) is 29.9 Å². The van der Waals surface area contributed by atoms with Crippen LogP contribution in [0.4, 0.5) is 18.9 Å². The normalized spacial score (nSPS) is 12.7. The van der Waals surface area contributed by atoms with Crippen LogP contribution in [0.5, 0.6) is 0 Å². The van der Waals surface area contributed by atoms with Crippen molar-refractivity contribution < 1.29 is 18.0 Å². The van der Waals surface area contributed by atoms with Crippen LogP contribution in [0, 0.1) is 13.8 Å². The molecule has 1 atom stereocenters. The molecule has 0 radical (unpaired) electrons. The number of carbonyl (C=O) groups is 1. The molecule has 1 amide bonds. The van der Waals surface area contributed by atoms with Crippen molar-refractivity contribution in [1.29, 1.82) is 0 Å². The number of nitrogens with zero attached hydrogens (tertiary/aromatic N) is 4. The van der Waals surface area contributed by atoms with Gasteiger partial charge in [0.05, 0.1) is 33.7 Å². The van der Waals surface area contributed by atoms with E-state index in [-0.39, 0.29) is 5.52 Å². The lowest BCUT2D eigenvalue weighted by molar-refractivity contribution is -0.137. The minimum Gasteiger partial charge on any atom is -0.324 e. The number of halogens is 3. The molecule has 2 aromatic carbocycles. The molecule has 0 aliphatic carbocycles. The van der Waals surface area contributed by atoms with E-state index in [2.05, 4.69) is 15.5 Å². The van der Waals surface area contributed by atoms with Crippen LogP contribution in [0.25, 0.3) is 16.6 Å². The minimum atomic E-state index is -4.64. The summed E-state index contributed by atoms with van der Waals surface area (Å²) in [6, 6.07) is 12.7. The highest BCUT2D eigenvalue weighted by molar-refractivity contribution is 5.94. The van der Waals surface area contributed by atoms with Crippen LogP contribution in [0.2, 0.25) is 0 Å². The number of anilines is 1. The van der Waals surface area contributed by atoms with E-state index in [1.54, 1.807) is 11.6 Å². The van der Waals surface area contributed by atoms with Crippen molar-refractivity contribution >= 4 is 22.5 Å². The van der Waals surface area contributed by atoms with E-state index in [0.29, 0.717) is 16.8 Å². The van der Waals surface area contributed by atoms with Gasteiger partial charge in [-0.1, -0.05) is 30.3 Å². The van der Waals surface area contributed by atoms with Gasteiger partial charge in [-0.25, -0.2) is 9.36 Å². The summed E-state index contributed by atoms with van der Waals surface area (Å²) in [4.78, 5) is 25.9. The third kappa shape index (κ3) is 3.99. The van der Waals surface area contributed by atoms with Crippen molar-refractivity contribution in [2.75, 3.05) is 5.32 Å². The summed E-state index contributed by atoms with van der Waals surface area (Å²) in [5.41, 5.74) is 0.0818. The molecular formula is C23H20F3N5O2. The van der Waals surface area contributed by atoms with Gasteiger partial charge in [0.2, 0.25) is 5.91 Å². The van der Waals surface area contributed by atoms with Crippen LogP contribution in [-0.4, -0.2) is 25.5 Å². The maximum absolute atomic E-state index is 13.3. The predicted octanol–water partition coefficient (Wildman–Crippen LogP) is 4.42. The Balaban J connectivity index is 1.74. The molecule has 2 aromatic heterocycles. The number of para-hydroxylation sites is 2. The molecule has 0 saturated carbocycles. The molecule has 33 heavy (non-hydrogen) atoms. The standard InChI is InChI=1S/C23H20F3N5O2/c1-13-19-14(2)30(16-9-5-4-6-10-16)29-20(19)22(33)31(28-13)15(3)21(32)27-18-12-8-7-11-17(18)23(24,25)26/h4-12,15H,1-3H3,(H,27,32). The van der Waals surface area contributed by atoms with Crippen LogP contribution in [0.3, 0.4) is 0 Å². The highest BCUT2D eigenvalue weighted by atomic mass is 19.4. The summed E-state index contributed by atoms with van der Waals surface area (Å²) in [7, 11) is 0. The Morgan fingerprint density at radius 1 is 1.00 bits per heavy atom. The number of alkyl halides is 3. The Morgan fingerprint density at radius 3 is 2.30 bits per heavy atom. The molecule has 7 nitrogen and oxygen atoms in total. The average Bonchev–Trinajstić information content (AvgIpc) is 3.14. The summed E-state index contributed by atoms with van der Waals surface area (Å²) in [5.74, 6) is -0.806. The predicted molar refractivity (Wildman–Crippen MR) is 117 cm³/mol. The molecule has 0 saturated heterocycles. The largest absolute Gasteiger partial charge is 0.418 e. The Labute approximate surface area is 186 Å². The monoisotopic (exact) mass is 455 g/mol. The van der Waals surface area contributed by atoms with Gasteiger partial charge in [0, 0.05) is 0 Å². The zero-order valence-corrected chi connectivity index (χ0v) is 18.0. The average molecular weight is 455 g/mol. The smallest absolute Gasteiger partial charge is 0.324 e. The van der Waals surface area contributed by atoms with Crippen LogP contribution < -0.4 is 10.9 Å². The summed E-state index contributed by atoms with van der Waals surface area (Å²) < 4.78 is 42.4. The fourth-order valence-electron chi connectivity index (χ4n) is 3.72. The third-order valence-corrected chi connectivity index (χ3v) is 5.38. The molecule has 0 bridgehead atoms. The first-order valence-electron chi connectivity index (χ1n) is 10.1. The Bertz CT molecular complexity index is 1410. The van der Waals surface area contributed by atoms with E-state index >= 15 is 0 Å². The molecule has 4 rings (SSSR count). The van der Waals surface area contributed by atoms with Gasteiger partial charge >= 0.3 is 6.18 Å². The van der Waals surface area contributed by atoms with E-state index in [1.165, 1.54) is 19.1 Å². The molecule has 0 fully saturated rings. The SMILES string of the molecule is Cc1nn(C(C)C(=O)Nc2ccccc2C(F)(F)F)c(=O)c2nn(-c3ccccc3)c(C)c12. The fraction of sp³-hybridized carbons (Fsp3) is 0.217. The lowest BCUT2D eigenvalue weighted by atomic mass is 10.1. The number of nitrogens with one attached hydrogen (secondary N) is 1. The molecule has 0 aliphatic heterocycles. The van der Waals surface area contributed by atoms with Crippen molar-refractivity contribution in [3.63, 3.8) is 0 Å². The van der Waals surface area contributed by atoms with Crippen molar-refractivity contribution in [2.45, 2.75) is 33.0 Å². The quantitative estimate of drug-likeness (QED) is 0.494. The molecular weight excluding hydrogens is 435 g/mol. The number of benzene rings is 2. The van der Waals surface area contributed by atoms with Gasteiger partial charge in [0.1, 0.15) is 6.04 Å². The number of aromatic nitrogens is 4. The van der Waals surface area contributed by atoms with Crippen molar-refractivity contribution in [2.24, 2.45) is 0 Å². The van der Waals surface area contributed by atoms with Crippen LogP contribution >= 0.6 is 0 Å². The van der Waals surface area contributed by atoms with Crippen LogP contribution in [-0.2, 0) is 11.0 Å². The topological polar surface area (TPSA) is 81.8 Å². The summed E-state index contributed by atoms with van der Waals surface area (Å²) in [6.07, 6.45) is -4.64. The summed E-state index contributed by atoms with van der Waals surface area (Å²) in [5, 5.41) is 11.5. The highest BCUT2D eigenvalue weighted by Gasteiger charge is 2.34. The van der Waals surface area contributed by atoms with E-state index in [9.17, 15) is 22.8 Å². The lowest BCUT2D eigenvalue weighted by Gasteiger charge is -2.17. The molecule has 0 aliphatic rings. The highest BCUT2D eigenvalue weighted by Crippen LogP contribution is 2.34. The number of hydrogen-bond acceptors (Lipinski definition) is 4. The summed E-state index contributed by atoms with van der Waals surface area (Å²) >= 11 is 0. The molecule has 4 aromatic rings. The molecule has 1 N–H and O–H groups in total. The van der Waals surface area contributed by atoms with Gasteiger partial charge in [0.15, 0.2) is 5.52 Å². The van der Waals surface area contributed by atoms with E-state index in [0.717, 1.165) is 22.5 Å². The number of amides is 1. The Hall–Kier alpha value is -3.95. The van der Waals surface area contributed by atoms with Gasteiger partial charge in [0.25, 0.3) is 5.56 Å². The maximum atomic E-state index is 13.3. The fourth-order valence-corrected chi connectivity index (χ4v) is 3.72. The zero-order valence-electron chi connectivity index (χ0n) is 18.0. The lowest BCUT2D eigenvalue weighted by Crippen LogP contribution is -2.34. The first-order valence-corrected chi connectivity index (χ1v) is 10.1. The zero-order chi connectivity index (χ0) is 23.9. The van der Waals surface area contributed by atoms with Crippen molar-refractivity contribution in [1.82, 2.24) is 19.6 Å². The Morgan fingerprint density at radius 2 is 1.64 bits per heavy atom. The Kier molecular flexibility index (Phi) is 5.52. The number of rotatable bonds is 4. The van der Waals surface area contributed by atoms with Crippen LogP contribution in [0.15, 0.2) is 59.4 Å². The van der Waals surface area contributed by atoms with Gasteiger partial charge < -0.3 is 5.32 Å². The van der Waals surface area contributed by atoms with E-state index in [4.69, 9.17) is 0 Å². The molecule has 1 unspecified atom stereocenters. The van der Waals surface area contributed by atoms with Crippen molar-refractivity contribution in [3.8, 4) is 5.69 Å². The van der Waals surface area contributed by atoms with Gasteiger partial charge in [-0.05, 0) is 45.0 Å². The molecule has 2 heterocycles. The molecule has 0 spiro atoms. The number of fused-ring (bicyclic) bond motifs is 1. The first kappa shape index (κ1) is 22.3. The van der Waals surface area contributed by atoms with Crippen molar-refractivity contribution in [3.05, 3.63) is 81.9 Å². The maximum Gasteiger partial charge on any atom is 0.418 e. The molecule has 10 heteroatoms. The summed E-state index contributed by atoms with van der Waals surface area (Å²) in [6.45, 7) is 4.89. The number of hydrogen-bond donors (Lipinski definition) is 1.